The fourth-order valence-corrected chi connectivity index (χ4v) is 3.39. The van der Waals surface area contributed by atoms with E-state index in [0.717, 1.165) is 11.3 Å². The zero-order chi connectivity index (χ0) is 19.9. The van der Waals surface area contributed by atoms with Crippen molar-refractivity contribution in [2.45, 2.75) is 24.8 Å². The first-order valence-corrected chi connectivity index (χ1v) is 9.92. The van der Waals surface area contributed by atoms with Gasteiger partial charge in [-0.15, -0.1) is 6.42 Å². The van der Waals surface area contributed by atoms with Crippen molar-refractivity contribution in [2.75, 3.05) is 13.2 Å². The van der Waals surface area contributed by atoms with E-state index in [9.17, 15) is 13.2 Å². The Morgan fingerprint density at radius 2 is 1.93 bits per heavy atom. The molecule has 0 bridgehead atoms. The summed E-state index contributed by atoms with van der Waals surface area (Å²) in [6.45, 7) is 4.23. The van der Waals surface area contributed by atoms with Crippen LogP contribution in [0.3, 0.4) is 0 Å². The molecule has 1 atom stereocenters. The molecule has 0 saturated heterocycles. The lowest BCUT2D eigenvalue weighted by molar-refractivity contribution is 0.0939. The van der Waals surface area contributed by atoms with Gasteiger partial charge in [-0.1, -0.05) is 24.1 Å². The fourth-order valence-electron chi connectivity index (χ4n) is 2.41. The standard InChI is InChI=1S/C20H22N2O4S/c1-4-13-21-27(24,25)19-8-6-7-17(14-19)20(23)22-15(3)16-9-11-18(12-10-16)26-5-2/h1,6-12,14-15,21H,5,13H2,2-3H3,(H,22,23). The zero-order valence-corrected chi connectivity index (χ0v) is 16.0. The molecule has 0 aliphatic heterocycles. The van der Waals surface area contributed by atoms with Crippen LogP contribution in [0.25, 0.3) is 0 Å². The third-order valence-corrected chi connectivity index (χ3v) is 5.21. The van der Waals surface area contributed by atoms with Gasteiger partial charge in [-0.2, -0.15) is 4.72 Å². The van der Waals surface area contributed by atoms with Crippen molar-refractivity contribution in [2.24, 2.45) is 0 Å². The number of amides is 1. The average molecular weight is 386 g/mol. The van der Waals surface area contributed by atoms with Crippen LogP contribution in [-0.4, -0.2) is 27.5 Å². The molecule has 0 fully saturated rings. The van der Waals surface area contributed by atoms with Gasteiger partial charge in [-0.05, 0) is 49.7 Å². The summed E-state index contributed by atoms with van der Waals surface area (Å²) in [6, 6.07) is 13.0. The highest BCUT2D eigenvalue weighted by Gasteiger charge is 2.17. The minimum atomic E-state index is -3.76. The van der Waals surface area contributed by atoms with Gasteiger partial charge in [0.05, 0.1) is 24.1 Å². The minimum Gasteiger partial charge on any atom is -0.494 e. The number of hydrogen-bond acceptors (Lipinski definition) is 4. The summed E-state index contributed by atoms with van der Waals surface area (Å²) in [5.41, 5.74) is 1.16. The van der Waals surface area contributed by atoms with Gasteiger partial charge in [0.2, 0.25) is 10.0 Å². The molecule has 2 aromatic rings. The SMILES string of the molecule is C#CCNS(=O)(=O)c1cccc(C(=O)NC(C)c2ccc(OCC)cc2)c1. The number of carbonyl (C=O) groups excluding carboxylic acids is 1. The van der Waals surface area contributed by atoms with Crippen LogP contribution >= 0.6 is 0 Å². The van der Waals surface area contributed by atoms with E-state index in [1.54, 1.807) is 6.07 Å². The summed E-state index contributed by atoms with van der Waals surface area (Å²) in [7, 11) is -3.76. The van der Waals surface area contributed by atoms with Crippen LogP contribution in [-0.2, 0) is 10.0 Å². The van der Waals surface area contributed by atoms with Crippen molar-refractivity contribution < 1.29 is 17.9 Å². The van der Waals surface area contributed by atoms with E-state index in [0.29, 0.717) is 6.61 Å². The predicted molar refractivity (Wildman–Crippen MR) is 104 cm³/mol. The topological polar surface area (TPSA) is 84.5 Å². The van der Waals surface area contributed by atoms with Gasteiger partial charge < -0.3 is 10.1 Å². The predicted octanol–water partition coefficient (Wildman–Crippen LogP) is 2.49. The van der Waals surface area contributed by atoms with E-state index < -0.39 is 10.0 Å². The Bertz CT molecular complexity index is 931. The van der Waals surface area contributed by atoms with Crippen molar-refractivity contribution in [1.82, 2.24) is 10.0 Å². The summed E-state index contributed by atoms with van der Waals surface area (Å²) in [6.07, 6.45) is 5.08. The number of hydrogen-bond donors (Lipinski definition) is 2. The van der Waals surface area contributed by atoms with Crippen molar-refractivity contribution >= 4 is 15.9 Å². The molecule has 7 heteroatoms. The lowest BCUT2D eigenvalue weighted by Crippen LogP contribution is -2.27. The summed E-state index contributed by atoms with van der Waals surface area (Å²) >= 11 is 0. The van der Waals surface area contributed by atoms with Gasteiger partial charge in [-0.25, -0.2) is 8.42 Å². The number of ether oxygens (including phenoxy) is 1. The summed E-state index contributed by atoms with van der Waals surface area (Å²) in [5, 5.41) is 2.86. The number of benzene rings is 2. The Labute approximate surface area is 160 Å². The molecule has 0 aliphatic carbocycles. The van der Waals surface area contributed by atoms with Crippen LogP contribution in [0.2, 0.25) is 0 Å². The maximum Gasteiger partial charge on any atom is 0.251 e. The average Bonchev–Trinajstić information content (AvgIpc) is 2.67. The molecular formula is C20H22N2O4S. The highest BCUT2D eigenvalue weighted by Crippen LogP contribution is 2.19. The Morgan fingerprint density at radius 3 is 2.56 bits per heavy atom. The van der Waals surface area contributed by atoms with E-state index in [-0.39, 0.29) is 29.0 Å². The van der Waals surface area contributed by atoms with E-state index in [4.69, 9.17) is 11.2 Å². The van der Waals surface area contributed by atoms with E-state index in [1.807, 2.05) is 38.1 Å². The van der Waals surface area contributed by atoms with Gasteiger partial charge in [0.1, 0.15) is 5.75 Å². The molecule has 6 nitrogen and oxygen atoms in total. The van der Waals surface area contributed by atoms with Crippen LogP contribution in [0.5, 0.6) is 5.75 Å². The molecule has 142 valence electrons. The summed E-state index contributed by atoms with van der Waals surface area (Å²) in [4.78, 5) is 12.5. The number of sulfonamides is 1. The van der Waals surface area contributed by atoms with E-state index in [2.05, 4.69) is 16.0 Å². The van der Waals surface area contributed by atoms with Gasteiger partial charge in [0.15, 0.2) is 0 Å². The smallest absolute Gasteiger partial charge is 0.251 e. The number of nitrogens with one attached hydrogen (secondary N) is 2. The van der Waals surface area contributed by atoms with Crippen LogP contribution in [0.1, 0.15) is 35.8 Å². The molecule has 0 spiro atoms. The molecule has 2 aromatic carbocycles. The molecule has 0 radical (unpaired) electrons. The van der Waals surface area contributed by atoms with Gasteiger partial charge in [0, 0.05) is 5.56 Å². The molecule has 2 rings (SSSR count). The lowest BCUT2D eigenvalue weighted by atomic mass is 10.1. The molecule has 0 saturated carbocycles. The molecule has 0 aliphatic rings. The highest BCUT2D eigenvalue weighted by molar-refractivity contribution is 7.89. The maximum absolute atomic E-state index is 12.5. The van der Waals surface area contributed by atoms with E-state index >= 15 is 0 Å². The normalized spacial score (nSPS) is 12.0. The second-order valence-corrected chi connectivity index (χ2v) is 7.52. The first-order chi connectivity index (χ1) is 12.9. The lowest BCUT2D eigenvalue weighted by Gasteiger charge is -2.15. The zero-order valence-electron chi connectivity index (χ0n) is 15.2. The molecule has 2 N–H and O–H groups in total. The molecule has 27 heavy (non-hydrogen) atoms. The highest BCUT2D eigenvalue weighted by atomic mass is 32.2. The second kappa shape index (κ2) is 9.21. The monoisotopic (exact) mass is 386 g/mol. The fraction of sp³-hybridized carbons (Fsp3) is 0.250. The molecule has 0 heterocycles. The van der Waals surface area contributed by atoms with Crippen LogP contribution in [0.15, 0.2) is 53.4 Å². The van der Waals surface area contributed by atoms with Crippen molar-refractivity contribution in [1.29, 1.82) is 0 Å². The van der Waals surface area contributed by atoms with E-state index in [1.165, 1.54) is 18.2 Å². The van der Waals surface area contributed by atoms with Crippen molar-refractivity contribution in [3.63, 3.8) is 0 Å². The van der Waals surface area contributed by atoms with Crippen molar-refractivity contribution in [3.8, 4) is 18.1 Å². The maximum atomic E-state index is 12.5. The Kier molecular flexibility index (Phi) is 6.99. The molecular weight excluding hydrogens is 364 g/mol. The van der Waals surface area contributed by atoms with Gasteiger partial charge in [-0.3, -0.25) is 4.79 Å². The quantitative estimate of drug-likeness (QED) is 0.683. The second-order valence-electron chi connectivity index (χ2n) is 5.75. The third-order valence-electron chi connectivity index (χ3n) is 3.81. The Hall–Kier alpha value is -2.82. The molecule has 1 unspecified atom stereocenters. The summed E-state index contributed by atoms with van der Waals surface area (Å²) < 4.78 is 32.0. The third kappa shape index (κ3) is 5.58. The minimum absolute atomic E-state index is 0.0147. The number of terminal acetylenes is 1. The molecule has 1 amide bonds. The first-order valence-electron chi connectivity index (χ1n) is 8.44. The van der Waals surface area contributed by atoms with Crippen LogP contribution in [0, 0.1) is 12.3 Å². The largest absolute Gasteiger partial charge is 0.494 e. The first kappa shape index (κ1) is 20.5. The Morgan fingerprint density at radius 1 is 1.22 bits per heavy atom. The summed E-state index contributed by atoms with van der Waals surface area (Å²) in [5.74, 6) is 2.60. The Balaban J connectivity index is 2.11. The number of carbonyl (C=O) groups is 1. The van der Waals surface area contributed by atoms with Gasteiger partial charge >= 0.3 is 0 Å². The van der Waals surface area contributed by atoms with Crippen molar-refractivity contribution in [3.05, 3.63) is 59.7 Å². The van der Waals surface area contributed by atoms with Crippen LogP contribution in [0.4, 0.5) is 0 Å². The van der Waals surface area contributed by atoms with Gasteiger partial charge in [0.25, 0.3) is 5.91 Å². The number of rotatable bonds is 8. The molecule has 0 aromatic heterocycles. The van der Waals surface area contributed by atoms with Crippen LogP contribution < -0.4 is 14.8 Å².